The van der Waals surface area contributed by atoms with Crippen molar-refractivity contribution in [1.82, 2.24) is 0 Å². The third-order valence-corrected chi connectivity index (χ3v) is 2.24. The number of benzene rings is 1. The van der Waals surface area contributed by atoms with Crippen molar-refractivity contribution in [2.45, 2.75) is 0 Å². The highest BCUT2D eigenvalue weighted by Gasteiger charge is 2.07. The van der Waals surface area contributed by atoms with E-state index in [1.54, 1.807) is 6.26 Å². The Morgan fingerprint density at radius 3 is 3.00 bits per heavy atom. The van der Waals surface area contributed by atoms with Gasteiger partial charge in [-0.2, -0.15) is 5.26 Å². The van der Waals surface area contributed by atoms with E-state index in [0.717, 1.165) is 16.5 Å². The van der Waals surface area contributed by atoms with Crippen molar-refractivity contribution in [1.29, 1.82) is 5.26 Å². The van der Waals surface area contributed by atoms with Gasteiger partial charge in [-0.05, 0) is 6.07 Å². The number of rotatable bonds is 1. The third-order valence-electron chi connectivity index (χ3n) is 1.93. The molecule has 0 atom stereocenters. The first-order chi connectivity index (χ1) is 6.83. The number of allylic oxidation sites excluding steroid dienone is 1. The number of furan rings is 1. The zero-order valence-electron chi connectivity index (χ0n) is 7.20. The fraction of sp³-hybridized carbons (Fsp3) is 0. The summed E-state index contributed by atoms with van der Waals surface area (Å²) in [6, 6.07) is 9.43. The molecule has 0 fully saturated rings. The molecule has 0 saturated heterocycles. The van der Waals surface area contributed by atoms with Crippen LogP contribution in [0.3, 0.4) is 0 Å². The van der Waals surface area contributed by atoms with E-state index in [9.17, 15) is 0 Å². The van der Waals surface area contributed by atoms with Crippen LogP contribution in [-0.4, -0.2) is 0 Å². The average Bonchev–Trinajstić information content (AvgIpc) is 2.61. The summed E-state index contributed by atoms with van der Waals surface area (Å²) in [5.41, 5.74) is 1.52. The first kappa shape index (κ1) is 8.86. The Hall–Kier alpha value is -1.72. The van der Waals surface area contributed by atoms with Crippen LogP contribution >= 0.6 is 11.6 Å². The number of halogens is 1. The second-order valence-corrected chi connectivity index (χ2v) is 3.17. The molecule has 0 unspecified atom stereocenters. The molecule has 2 nitrogen and oxygen atoms in total. The molecule has 0 aliphatic rings. The second kappa shape index (κ2) is 3.57. The predicted molar refractivity (Wildman–Crippen MR) is 55.7 cm³/mol. The molecule has 1 heterocycles. The van der Waals surface area contributed by atoms with E-state index in [-0.39, 0.29) is 0 Å². The van der Waals surface area contributed by atoms with Crippen LogP contribution in [0.4, 0.5) is 0 Å². The lowest BCUT2D eigenvalue weighted by Crippen LogP contribution is -1.72. The minimum absolute atomic E-state index is 0.400. The van der Waals surface area contributed by atoms with Gasteiger partial charge in [0.1, 0.15) is 11.8 Å². The van der Waals surface area contributed by atoms with Gasteiger partial charge in [0.2, 0.25) is 0 Å². The standard InChI is InChI=1S/C11H6ClNO/c12-10(5-6-13)9-7-14-11-4-2-1-3-8(9)11/h1-5,7H/b10-5+. The number of para-hydroxylation sites is 1. The van der Waals surface area contributed by atoms with Crippen LogP contribution in [0.25, 0.3) is 16.0 Å². The molecule has 3 heteroatoms. The quantitative estimate of drug-likeness (QED) is 0.665. The minimum Gasteiger partial charge on any atom is -0.464 e. The monoisotopic (exact) mass is 203 g/mol. The Morgan fingerprint density at radius 1 is 1.43 bits per heavy atom. The van der Waals surface area contributed by atoms with Gasteiger partial charge >= 0.3 is 0 Å². The molecule has 0 N–H and O–H groups in total. The predicted octanol–water partition coefficient (Wildman–Crippen LogP) is 3.54. The summed E-state index contributed by atoms with van der Waals surface area (Å²) in [4.78, 5) is 0. The maximum absolute atomic E-state index is 8.47. The summed E-state index contributed by atoms with van der Waals surface area (Å²) in [7, 11) is 0. The number of fused-ring (bicyclic) bond motifs is 1. The molecule has 0 amide bonds. The van der Waals surface area contributed by atoms with Crippen LogP contribution in [-0.2, 0) is 0 Å². The van der Waals surface area contributed by atoms with Gasteiger partial charge in [-0.25, -0.2) is 0 Å². The molecule has 68 valence electrons. The van der Waals surface area contributed by atoms with E-state index in [1.165, 1.54) is 6.08 Å². The van der Waals surface area contributed by atoms with E-state index in [0.29, 0.717) is 5.03 Å². The molecule has 14 heavy (non-hydrogen) atoms. The number of nitrogens with zero attached hydrogens (tertiary/aromatic N) is 1. The SMILES string of the molecule is N#C/C=C(/Cl)c1coc2ccccc12. The van der Waals surface area contributed by atoms with Crippen LogP contribution in [0.1, 0.15) is 5.56 Å². The van der Waals surface area contributed by atoms with Gasteiger partial charge in [-0.1, -0.05) is 29.8 Å². The zero-order chi connectivity index (χ0) is 9.97. The summed E-state index contributed by atoms with van der Waals surface area (Å²) in [6.45, 7) is 0. The molecule has 0 spiro atoms. The van der Waals surface area contributed by atoms with Crippen molar-refractivity contribution in [2.24, 2.45) is 0 Å². The number of hydrogen-bond donors (Lipinski definition) is 0. The lowest BCUT2D eigenvalue weighted by Gasteiger charge is -1.91. The van der Waals surface area contributed by atoms with E-state index in [4.69, 9.17) is 21.3 Å². The smallest absolute Gasteiger partial charge is 0.134 e. The van der Waals surface area contributed by atoms with Crippen LogP contribution in [0.5, 0.6) is 0 Å². The molecule has 0 aliphatic heterocycles. The van der Waals surface area contributed by atoms with E-state index < -0.39 is 0 Å². The van der Waals surface area contributed by atoms with Crippen molar-refractivity contribution in [2.75, 3.05) is 0 Å². The van der Waals surface area contributed by atoms with Gasteiger partial charge < -0.3 is 4.42 Å². The molecule has 0 radical (unpaired) electrons. The van der Waals surface area contributed by atoms with E-state index in [1.807, 2.05) is 30.3 Å². The van der Waals surface area contributed by atoms with Crippen LogP contribution in [0.2, 0.25) is 0 Å². The maximum Gasteiger partial charge on any atom is 0.134 e. The van der Waals surface area contributed by atoms with E-state index in [2.05, 4.69) is 0 Å². The van der Waals surface area contributed by atoms with Gasteiger partial charge in [0.15, 0.2) is 0 Å². The van der Waals surface area contributed by atoms with Gasteiger partial charge in [0.05, 0.1) is 11.1 Å². The summed E-state index contributed by atoms with van der Waals surface area (Å²) in [6.07, 6.45) is 2.85. The summed E-state index contributed by atoms with van der Waals surface area (Å²) in [5.74, 6) is 0. The lowest BCUT2D eigenvalue weighted by atomic mass is 10.1. The fourth-order valence-corrected chi connectivity index (χ4v) is 1.49. The molecule has 0 bridgehead atoms. The van der Waals surface area contributed by atoms with E-state index >= 15 is 0 Å². The average molecular weight is 204 g/mol. The Balaban J connectivity index is 2.65. The topological polar surface area (TPSA) is 36.9 Å². The molecule has 2 rings (SSSR count). The van der Waals surface area contributed by atoms with Crippen molar-refractivity contribution in [3.63, 3.8) is 0 Å². The molecule has 0 aliphatic carbocycles. The lowest BCUT2D eigenvalue weighted by molar-refractivity contribution is 0.615. The highest BCUT2D eigenvalue weighted by molar-refractivity contribution is 6.49. The van der Waals surface area contributed by atoms with Gasteiger partial charge in [-0.15, -0.1) is 0 Å². The molecule has 2 aromatic rings. The third kappa shape index (κ3) is 1.39. The van der Waals surface area contributed by atoms with Gasteiger partial charge in [-0.3, -0.25) is 0 Å². The number of hydrogen-bond acceptors (Lipinski definition) is 2. The largest absolute Gasteiger partial charge is 0.464 e. The summed E-state index contributed by atoms with van der Waals surface area (Å²) < 4.78 is 5.28. The minimum atomic E-state index is 0.400. The molecule has 1 aromatic heterocycles. The first-order valence-electron chi connectivity index (χ1n) is 4.05. The second-order valence-electron chi connectivity index (χ2n) is 2.77. The van der Waals surface area contributed by atoms with Crippen LogP contribution in [0, 0.1) is 11.3 Å². The summed E-state index contributed by atoms with van der Waals surface area (Å²) in [5, 5.41) is 9.79. The van der Waals surface area contributed by atoms with Crippen molar-refractivity contribution in [3.05, 3.63) is 42.2 Å². The Morgan fingerprint density at radius 2 is 2.21 bits per heavy atom. The molecule has 1 aromatic carbocycles. The highest BCUT2D eigenvalue weighted by atomic mass is 35.5. The van der Waals surface area contributed by atoms with Crippen molar-refractivity contribution in [3.8, 4) is 6.07 Å². The summed E-state index contributed by atoms with van der Waals surface area (Å²) >= 11 is 5.91. The normalized spacial score (nSPS) is 11.6. The van der Waals surface area contributed by atoms with Crippen molar-refractivity contribution < 1.29 is 4.42 Å². The van der Waals surface area contributed by atoms with Crippen LogP contribution < -0.4 is 0 Å². The Bertz CT molecular complexity index is 533. The molecule has 0 saturated carbocycles. The van der Waals surface area contributed by atoms with Gasteiger partial charge in [0.25, 0.3) is 0 Å². The molecular formula is C11H6ClNO. The first-order valence-corrected chi connectivity index (χ1v) is 4.42. The highest BCUT2D eigenvalue weighted by Crippen LogP contribution is 2.28. The Labute approximate surface area is 86.0 Å². The fourth-order valence-electron chi connectivity index (χ4n) is 1.30. The molecular weight excluding hydrogens is 198 g/mol. The van der Waals surface area contributed by atoms with Gasteiger partial charge in [0, 0.05) is 17.0 Å². The van der Waals surface area contributed by atoms with Crippen molar-refractivity contribution >= 4 is 27.6 Å². The maximum atomic E-state index is 8.47. The zero-order valence-corrected chi connectivity index (χ0v) is 7.95. The number of nitriles is 1. The van der Waals surface area contributed by atoms with Crippen LogP contribution in [0.15, 0.2) is 41.0 Å². The Kier molecular flexibility index (Phi) is 2.26.